The zero-order chi connectivity index (χ0) is 79.1. The number of carbonyl (C=O) groups is 11. The summed E-state index contributed by atoms with van der Waals surface area (Å²) >= 11 is 0. The Labute approximate surface area is 620 Å². The SMILES string of the molecule is CC[C@H](C)[C@@H]([C@@H](CC(=O)N1CCC[C@H]1[C@H](OC)[C@@H](C)C(=O)C[C@@H](Cc1ccccc1)C(=O)N(C)Cc1ccc(NC(=O)[C@H](CCCNC(N)=O)CC(=O)[C@@H](NC(=O)CCC(=O)N2CCC(C(=O)Oc3c(F)c(F)c(F)c(F)c3F)CC2)C(C)C)cc1)OC)N(C)C(=O)[C@@H](CC(=O)[C@H](C(C)C)N(C)C)C(C)C. The molecule has 8 amide bonds. The van der Waals surface area contributed by atoms with E-state index in [-0.39, 0.29) is 150 Å². The van der Waals surface area contributed by atoms with Crippen LogP contribution in [0, 0.1) is 82.3 Å². The molecule has 2 aliphatic heterocycles. The number of nitrogens with one attached hydrogen (secondary N) is 3. The Morgan fingerprint density at radius 1 is 0.642 bits per heavy atom. The first-order chi connectivity index (χ1) is 50.0. The van der Waals surface area contributed by atoms with E-state index in [2.05, 4.69) is 20.7 Å². The Morgan fingerprint density at radius 2 is 1.25 bits per heavy atom. The maximum Gasteiger partial charge on any atom is 0.314 e. The summed E-state index contributed by atoms with van der Waals surface area (Å²) in [6.07, 6.45) is -0.242. The van der Waals surface area contributed by atoms with Crippen LogP contribution >= 0.6 is 0 Å². The molecule has 0 saturated carbocycles. The second-order valence-electron chi connectivity index (χ2n) is 29.8. The number of hydrogen-bond donors (Lipinski definition) is 4. The lowest BCUT2D eigenvalue weighted by molar-refractivity contribution is -0.149. The van der Waals surface area contributed by atoms with Gasteiger partial charge >= 0.3 is 12.0 Å². The van der Waals surface area contributed by atoms with Crippen molar-refractivity contribution in [2.45, 2.75) is 195 Å². The zero-order valence-electron chi connectivity index (χ0n) is 64.2. The molecule has 2 heterocycles. The van der Waals surface area contributed by atoms with Crippen molar-refractivity contribution in [1.82, 2.24) is 35.1 Å². The number of nitrogens with zero attached hydrogens (tertiary/aromatic N) is 5. The number of urea groups is 1. The van der Waals surface area contributed by atoms with E-state index in [1.807, 2.05) is 90.9 Å². The normalized spacial score (nSPS) is 17.0. The van der Waals surface area contributed by atoms with Crippen LogP contribution in [0.25, 0.3) is 0 Å². The Bertz CT molecular complexity index is 3470. The van der Waals surface area contributed by atoms with E-state index < -0.39 is 136 Å². The quantitative estimate of drug-likeness (QED) is 0.0103. The van der Waals surface area contributed by atoms with Gasteiger partial charge in [-0.05, 0) is 106 Å². The van der Waals surface area contributed by atoms with Gasteiger partial charge < -0.3 is 55.5 Å². The Morgan fingerprint density at radius 3 is 1.79 bits per heavy atom. The summed E-state index contributed by atoms with van der Waals surface area (Å²) in [4.78, 5) is 160. The highest BCUT2D eigenvalue weighted by molar-refractivity contribution is 5.98. The molecule has 5 rings (SSSR count). The van der Waals surface area contributed by atoms with Crippen molar-refractivity contribution in [3.8, 4) is 5.75 Å². The number of piperidine rings is 1. The largest absolute Gasteiger partial charge is 0.420 e. The van der Waals surface area contributed by atoms with Crippen molar-refractivity contribution >= 4 is 70.5 Å². The predicted molar refractivity (Wildman–Crippen MR) is 388 cm³/mol. The third-order valence-electron chi connectivity index (χ3n) is 20.8. The van der Waals surface area contributed by atoms with E-state index >= 15 is 0 Å². The van der Waals surface area contributed by atoms with E-state index in [1.54, 1.807) is 68.9 Å². The number of methoxy groups -OCH3 is 2. The fraction of sp³-hybridized carbons (Fsp3) is 0.628. The number of hydrogen-bond acceptors (Lipinski definition) is 15. The Kier molecular flexibility index (Phi) is 34.8. The van der Waals surface area contributed by atoms with Gasteiger partial charge in [0, 0.05) is 123 Å². The summed E-state index contributed by atoms with van der Waals surface area (Å²) in [6, 6.07) is 12.8. The number of halogens is 5. The number of primary amides is 1. The predicted octanol–water partition coefficient (Wildman–Crippen LogP) is 9.62. The monoisotopic (exact) mass is 1490 g/mol. The molecule has 0 bridgehead atoms. The number of carbonyl (C=O) groups excluding carboxylic acids is 11. The molecule has 588 valence electrons. The maximum atomic E-state index is 14.7. The zero-order valence-corrected chi connectivity index (χ0v) is 64.2. The third-order valence-corrected chi connectivity index (χ3v) is 20.8. The second-order valence-corrected chi connectivity index (χ2v) is 29.8. The van der Waals surface area contributed by atoms with Gasteiger partial charge in [-0.15, -0.1) is 0 Å². The molecule has 0 radical (unpaired) electrons. The third kappa shape index (κ3) is 24.4. The van der Waals surface area contributed by atoms with Crippen LogP contribution < -0.4 is 26.4 Å². The van der Waals surface area contributed by atoms with Crippen molar-refractivity contribution < 1.29 is 88.9 Å². The van der Waals surface area contributed by atoms with Gasteiger partial charge in [-0.1, -0.05) is 111 Å². The average molecular weight is 1490 g/mol. The summed E-state index contributed by atoms with van der Waals surface area (Å²) in [5.41, 5.74) is 7.16. The van der Waals surface area contributed by atoms with Gasteiger partial charge in [-0.25, -0.2) is 18.0 Å². The molecule has 0 unspecified atom stereocenters. The number of likely N-dealkylation sites (tertiary alicyclic amines) is 2. The van der Waals surface area contributed by atoms with Crippen LogP contribution in [-0.2, 0) is 70.4 Å². The minimum Gasteiger partial charge on any atom is -0.420 e. The lowest BCUT2D eigenvalue weighted by Gasteiger charge is -2.41. The van der Waals surface area contributed by atoms with E-state index in [1.165, 1.54) is 24.0 Å². The number of ketones is 3. The van der Waals surface area contributed by atoms with Crippen molar-refractivity contribution in [3.05, 3.63) is 94.8 Å². The highest BCUT2D eigenvalue weighted by Crippen LogP contribution is 2.35. The van der Waals surface area contributed by atoms with E-state index in [0.717, 1.165) is 5.56 Å². The lowest BCUT2D eigenvalue weighted by atomic mass is 9.83. The second kappa shape index (κ2) is 41.8. The molecule has 2 aliphatic rings. The van der Waals surface area contributed by atoms with E-state index in [9.17, 15) is 74.7 Å². The molecule has 3 aromatic carbocycles. The van der Waals surface area contributed by atoms with Crippen LogP contribution in [0.4, 0.5) is 32.4 Å². The van der Waals surface area contributed by atoms with Crippen LogP contribution in [0.15, 0.2) is 54.6 Å². The summed E-state index contributed by atoms with van der Waals surface area (Å²) in [6.45, 7) is 17.6. The van der Waals surface area contributed by atoms with Crippen molar-refractivity contribution in [3.63, 3.8) is 0 Å². The summed E-state index contributed by atoms with van der Waals surface area (Å²) < 4.78 is 86.2. The average Bonchev–Trinajstić information content (AvgIpc) is 1.24. The van der Waals surface area contributed by atoms with Crippen molar-refractivity contribution in [2.24, 2.45) is 59.0 Å². The molecule has 106 heavy (non-hydrogen) atoms. The first kappa shape index (κ1) is 88.4. The smallest absolute Gasteiger partial charge is 0.314 e. The van der Waals surface area contributed by atoms with E-state index in [4.69, 9.17) is 15.2 Å². The molecule has 0 aromatic heterocycles. The number of Topliss-reactive ketones (excluding diaryl/α,β-unsaturated/α-hetero) is 3. The van der Waals surface area contributed by atoms with Gasteiger partial charge in [0.1, 0.15) is 5.78 Å². The van der Waals surface area contributed by atoms with Crippen LogP contribution in [0.3, 0.4) is 0 Å². The highest BCUT2D eigenvalue weighted by atomic mass is 19.2. The van der Waals surface area contributed by atoms with Gasteiger partial charge in [0.2, 0.25) is 70.3 Å². The number of ether oxygens (including phenoxy) is 3. The van der Waals surface area contributed by atoms with Crippen molar-refractivity contribution in [1.29, 1.82) is 0 Å². The van der Waals surface area contributed by atoms with Crippen LogP contribution in [0.1, 0.15) is 157 Å². The number of amides is 8. The summed E-state index contributed by atoms with van der Waals surface area (Å²) in [5.74, 6) is -22.6. The minimum atomic E-state index is -2.42. The lowest BCUT2D eigenvalue weighted by Crippen LogP contribution is -2.54. The molecule has 28 heteroatoms. The number of likely N-dealkylation sites (N-methyl/N-ethyl adjacent to an activating group) is 2. The van der Waals surface area contributed by atoms with Crippen molar-refractivity contribution in [2.75, 3.05) is 73.9 Å². The van der Waals surface area contributed by atoms with Crippen LogP contribution in [-0.4, -0.2) is 194 Å². The molecule has 2 saturated heterocycles. The van der Waals surface area contributed by atoms with Crippen LogP contribution in [0.5, 0.6) is 5.75 Å². The molecule has 23 nitrogen and oxygen atoms in total. The summed E-state index contributed by atoms with van der Waals surface area (Å²) in [5, 5.41) is 8.02. The standard InChI is InChI=1S/C78H112F5N9O14/c1-16-47(8)71(90(13)76(101)55(44(2)3)41-59(95)70(46(6)7)88(10)11)60(104-14)42-63(98)92-35-21-25-56(92)72(105-15)48(9)57(93)40-53(38-49-22-18-17-19-23-49)75(100)89(12)43-50-26-28-54(29-27-50)86-74(99)52(24-20-34-85-78(84)103)39-58(94)69(45(4)5)87-61(96)30-31-62(97)91-36-32-51(33-37-91)77(102)106-73-67(82)65(80)64(79)66(81)68(73)83/h17-19,22-23,26-29,44-48,51-53,55-56,60,69-72H,16,20-21,24-25,30-43H2,1-15H3,(H,86,99)(H,87,96)(H3,84,85,103)/t47-,48-,52+,53+,55-,56-,60+,69-,70-,71-,72+/m0/s1. The number of anilines is 1. The summed E-state index contributed by atoms with van der Waals surface area (Å²) in [7, 11) is 10.2. The fourth-order valence-electron chi connectivity index (χ4n) is 14.7. The molecule has 3 aromatic rings. The first-order valence-electron chi connectivity index (χ1n) is 36.9. The first-order valence-corrected chi connectivity index (χ1v) is 36.9. The number of benzene rings is 3. The molecular formula is C78H112F5N9O14. The highest BCUT2D eigenvalue weighted by Gasteiger charge is 2.45. The molecule has 2 fully saturated rings. The van der Waals surface area contributed by atoms with E-state index in [0.29, 0.717) is 37.1 Å². The molecule has 5 N–H and O–H groups in total. The number of esters is 1. The topological polar surface area (TPSA) is 294 Å². The maximum absolute atomic E-state index is 14.7. The molecule has 0 aliphatic carbocycles. The minimum absolute atomic E-state index is 0.00348. The van der Waals surface area contributed by atoms with Crippen LogP contribution in [0.2, 0.25) is 0 Å². The number of nitrogens with two attached hydrogens (primary N) is 1. The number of rotatable bonds is 41. The molecule has 0 spiro atoms. The van der Waals surface area contributed by atoms with Gasteiger partial charge in [0.05, 0.1) is 48.7 Å². The van der Waals surface area contributed by atoms with Gasteiger partial charge in [-0.2, -0.15) is 8.78 Å². The Hall–Kier alpha value is -8.24. The molecular weight excluding hydrogens is 1380 g/mol. The molecule has 11 atom stereocenters. The fourth-order valence-corrected chi connectivity index (χ4v) is 14.7. The Balaban J connectivity index is 1.21. The van der Waals surface area contributed by atoms with Gasteiger partial charge in [0.15, 0.2) is 11.6 Å². The van der Waals surface area contributed by atoms with Gasteiger partial charge in [0.25, 0.3) is 0 Å². The van der Waals surface area contributed by atoms with Gasteiger partial charge in [-0.3, -0.25) is 52.8 Å².